The van der Waals surface area contributed by atoms with Crippen LogP contribution in [-0.2, 0) is 6.54 Å². The van der Waals surface area contributed by atoms with Gasteiger partial charge in [0.25, 0.3) is 5.56 Å². The molecule has 0 aliphatic heterocycles. The lowest BCUT2D eigenvalue weighted by Crippen LogP contribution is -2.68. The van der Waals surface area contributed by atoms with Gasteiger partial charge in [0.05, 0.1) is 21.7 Å². The minimum Gasteiger partial charge on any atom is -0.533 e. The highest BCUT2D eigenvalue weighted by Gasteiger charge is 2.52. The Kier molecular flexibility index (Phi) is 12.3. The van der Waals surface area contributed by atoms with Crippen molar-refractivity contribution in [3.05, 3.63) is 177 Å². The van der Waals surface area contributed by atoms with Crippen LogP contribution in [0, 0.1) is 11.7 Å². The summed E-state index contributed by atoms with van der Waals surface area (Å²) < 4.78 is 24.6. The number of benzene rings is 5. The molecule has 0 unspecified atom stereocenters. The van der Waals surface area contributed by atoms with E-state index in [0.717, 1.165) is 23.2 Å². The summed E-state index contributed by atoms with van der Waals surface area (Å²) in [6.07, 6.45) is 1.99. The number of aromatic amines is 1. The Balaban J connectivity index is 0.000000253. The number of pyridine rings is 1. The van der Waals surface area contributed by atoms with Gasteiger partial charge in [0.15, 0.2) is 0 Å². The summed E-state index contributed by atoms with van der Waals surface area (Å²) in [5.41, 5.74) is -0.750. The average Bonchev–Trinajstić information content (AvgIpc) is 4.06. The predicted octanol–water partition coefficient (Wildman–Crippen LogP) is 9.68. The van der Waals surface area contributed by atoms with E-state index < -0.39 is 32.8 Å². The highest BCUT2D eigenvalue weighted by molar-refractivity contribution is 7.35. The maximum absolute atomic E-state index is 16.0. The molecule has 8 rings (SSSR count). The van der Waals surface area contributed by atoms with Gasteiger partial charge >= 0.3 is 14.0 Å². The van der Waals surface area contributed by atoms with Gasteiger partial charge in [0.2, 0.25) is 7.38 Å². The zero-order valence-corrected chi connectivity index (χ0v) is 38.3. The second-order valence-corrected chi connectivity index (χ2v) is 27.8. The average molecular weight is 875 g/mol. The van der Waals surface area contributed by atoms with Gasteiger partial charge in [-0.05, 0) is 67.8 Å². The fourth-order valence-electron chi connectivity index (χ4n) is 8.09. The Morgan fingerprint density at radius 3 is 1.65 bits per heavy atom. The highest BCUT2D eigenvalue weighted by Crippen LogP contribution is 2.43. The van der Waals surface area contributed by atoms with Gasteiger partial charge in [-0.3, -0.25) is 14.3 Å². The number of nitrogens with one attached hydrogen (secondary N) is 1. The van der Waals surface area contributed by atoms with Gasteiger partial charge in [0.1, 0.15) is 17.2 Å². The van der Waals surface area contributed by atoms with Crippen molar-refractivity contribution in [2.75, 3.05) is 0 Å². The monoisotopic (exact) mass is 873 g/mol. The summed E-state index contributed by atoms with van der Waals surface area (Å²) >= 11 is 14.0. The van der Waals surface area contributed by atoms with Crippen molar-refractivity contribution in [3.63, 3.8) is 0 Å². The van der Waals surface area contributed by atoms with Crippen molar-refractivity contribution in [1.82, 2.24) is 14.5 Å². The molecule has 1 aliphatic rings. The van der Waals surface area contributed by atoms with Crippen LogP contribution >= 0.6 is 22.7 Å². The first-order valence-corrected chi connectivity index (χ1v) is 25.6. The molecule has 1 aliphatic carbocycles. The van der Waals surface area contributed by atoms with E-state index in [2.05, 4.69) is 119 Å². The molecule has 1 N–H and O–H groups in total. The van der Waals surface area contributed by atoms with Crippen molar-refractivity contribution in [1.29, 1.82) is 0 Å². The molecule has 0 spiro atoms. The summed E-state index contributed by atoms with van der Waals surface area (Å²) in [6.45, 7) is 13.6. The van der Waals surface area contributed by atoms with Crippen LogP contribution in [0.3, 0.4) is 0 Å². The number of halogens is 3. The second-order valence-electron chi connectivity index (χ2n) is 17.5. The number of nitrogens with zero attached hydrogens (tertiary/aromatic N) is 2. The minimum atomic E-state index is -3.14. The Morgan fingerprint density at radius 1 is 0.717 bits per heavy atom. The summed E-state index contributed by atoms with van der Waals surface area (Å²) in [4.78, 5) is 32.7. The Hall–Kier alpha value is -5.07. The largest absolute Gasteiger partial charge is 0.533 e. The van der Waals surface area contributed by atoms with Gasteiger partial charge in [0, 0.05) is 6.54 Å². The van der Waals surface area contributed by atoms with Gasteiger partial charge in [-0.1, -0.05) is 181 Å². The molecule has 308 valence electrons. The zero-order valence-electron chi connectivity index (χ0n) is 34.8. The number of aromatic nitrogens is 3. The van der Waals surface area contributed by atoms with Crippen LogP contribution in [0.25, 0.3) is 22.3 Å². The van der Waals surface area contributed by atoms with Gasteiger partial charge in [-0.25, -0.2) is 14.2 Å². The number of H-pyrrole nitrogens is 1. The SMILES string of the molecule is CC(C)(C)[Si](Cl)(c1ccccc1)c1ccccc1.CC(C)(C)[Si](Oc1cccc(F)c1-c1nc2c(cc1Cl)c(=O)[nH]c(=O)n2CC1CC1)(c1ccccc1)c1ccccc1. The fourth-order valence-corrected chi connectivity index (χ4v) is 16.9. The normalized spacial score (nSPS) is 13.4. The molecule has 11 heteroatoms. The van der Waals surface area contributed by atoms with Crippen LogP contribution < -0.4 is 36.4 Å². The standard InChI is InChI=1S/C33H31ClFN3O3Si.C16H19ClSi/c1-33(2,3)42(22-11-6-4-7-12-22,23-13-8-5-9-14-23)41-27-16-10-15-26(35)28(27)29-25(34)19-24-30(36-29)38(20-21-17-18-21)32(40)37-31(24)39;1-16(2,3)18(17,14-10-6-4-7-11-14)15-12-8-5-9-13-15/h4-16,19,21H,17-18,20H2,1-3H3,(H,37,39,40);4-13H,1-3H3. The lowest BCUT2D eigenvalue weighted by Gasteiger charge is -2.43. The molecule has 0 saturated heterocycles. The molecule has 0 atom stereocenters. The van der Waals surface area contributed by atoms with E-state index >= 15 is 4.39 Å². The van der Waals surface area contributed by atoms with Crippen LogP contribution in [-0.4, -0.2) is 30.2 Å². The Bertz CT molecular complexity index is 2640. The first-order valence-electron chi connectivity index (χ1n) is 20.3. The van der Waals surface area contributed by atoms with Crippen molar-refractivity contribution < 1.29 is 8.82 Å². The highest BCUT2D eigenvalue weighted by atomic mass is 35.6. The van der Waals surface area contributed by atoms with E-state index in [1.165, 1.54) is 27.1 Å². The molecule has 0 amide bonds. The quantitative estimate of drug-likeness (QED) is 0.116. The van der Waals surface area contributed by atoms with Crippen LogP contribution in [0.1, 0.15) is 54.4 Å². The minimum absolute atomic E-state index is 0.0667. The molecule has 0 bridgehead atoms. The predicted molar refractivity (Wildman–Crippen MR) is 251 cm³/mol. The fraction of sp³-hybridized carbons (Fsp3) is 0.245. The van der Waals surface area contributed by atoms with Crippen LogP contribution in [0.4, 0.5) is 4.39 Å². The van der Waals surface area contributed by atoms with E-state index in [0.29, 0.717) is 18.2 Å². The molecule has 5 aromatic carbocycles. The Morgan fingerprint density at radius 2 is 1.20 bits per heavy atom. The maximum Gasteiger partial charge on any atom is 0.330 e. The smallest absolute Gasteiger partial charge is 0.330 e. The lowest BCUT2D eigenvalue weighted by atomic mass is 10.1. The number of hydrogen-bond acceptors (Lipinski definition) is 4. The van der Waals surface area contributed by atoms with E-state index in [-0.39, 0.29) is 37.4 Å². The molecule has 1 saturated carbocycles. The first-order chi connectivity index (χ1) is 28.6. The third-order valence-corrected chi connectivity index (χ3v) is 23.9. The van der Waals surface area contributed by atoms with E-state index in [1.54, 1.807) is 12.1 Å². The summed E-state index contributed by atoms with van der Waals surface area (Å²) in [6, 6.07) is 47.3. The van der Waals surface area contributed by atoms with Crippen molar-refractivity contribution in [2.24, 2.45) is 5.92 Å². The maximum atomic E-state index is 16.0. The molecule has 2 heterocycles. The van der Waals surface area contributed by atoms with E-state index in [9.17, 15) is 9.59 Å². The second kappa shape index (κ2) is 17.1. The van der Waals surface area contributed by atoms with Crippen molar-refractivity contribution in [3.8, 4) is 17.0 Å². The topological polar surface area (TPSA) is 77.0 Å². The molecule has 1 fully saturated rings. The van der Waals surface area contributed by atoms with Crippen LogP contribution in [0.2, 0.25) is 15.1 Å². The summed E-state index contributed by atoms with van der Waals surface area (Å²) in [7, 11) is -5.37. The molecular weight excluding hydrogens is 825 g/mol. The van der Waals surface area contributed by atoms with Crippen molar-refractivity contribution in [2.45, 2.75) is 71.0 Å². The Labute approximate surface area is 362 Å². The molecule has 7 aromatic rings. The number of fused-ring (bicyclic) bond motifs is 1. The van der Waals surface area contributed by atoms with E-state index in [4.69, 9.17) is 32.1 Å². The van der Waals surface area contributed by atoms with Crippen LogP contribution in [0.15, 0.2) is 155 Å². The van der Waals surface area contributed by atoms with Crippen LogP contribution in [0.5, 0.6) is 5.75 Å². The van der Waals surface area contributed by atoms with E-state index in [1.807, 2.05) is 48.5 Å². The third-order valence-electron chi connectivity index (χ3n) is 11.3. The van der Waals surface area contributed by atoms with Crippen molar-refractivity contribution >= 4 is 70.2 Å². The van der Waals surface area contributed by atoms with Gasteiger partial charge in [-0.2, -0.15) is 11.1 Å². The number of hydrogen-bond donors (Lipinski definition) is 1. The molecule has 2 aromatic heterocycles. The summed E-state index contributed by atoms with van der Waals surface area (Å²) in [5.74, 6) is 0.0549. The molecule has 0 radical (unpaired) electrons. The zero-order chi connectivity index (χ0) is 42.9. The van der Waals surface area contributed by atoms with Gasteiger partial charge in [-0.15, -0.1) is 0 Å². The third kappa shape index (κ3) is 8.33. The lowest BCUT2D eigenvalue weighted by molar-refractivity contribution is 0.504. The molecule has 60 heavy (non-hydrogen) atoms. The molecule has 6 nitrogen and oxygen atoms in total. The molecular formula is C49H50Cl2FN3O3Si2. The first kappa shape index (κ1) is 43.0. The summed E-state index contributed by atoms with van der Waals surface area (Å²) in [5, 5.41) is 4.57. The van der Waals surface area contributed by atoms with Gasteiger partial charge < -0.3 is 4.43 Å². The number of rotatable bonds is 9.